The molecule has 1 aliphatic heterocycles. The minimum atomic E-state index is -0.123. The van der Waals surface area contributed by atoms with Gasteiger partial charge in [0.15, 0.2) is 5.96 Å². The summed E-state index contributed by atoms with van der Waals surface area (Å²) >= 11 is 0. The molecule has 1 saturated heterocycles. The highest BCUT2D eigenvalue weighted by atomic mass is 16.2. The number of hydrogen-bond donors (Lipinski definition) is 4. The van der Waals surface area contributed by atoms with Crippen molar-refractivity contribution in [3.05, 3.63) is 0 Å². The lowest BCUT2D eigenvalue weighted by Gasteiger charge is -2.31. The topological polar surface area (TPSA) is 94.2 Å². The molecule has 116 valence electrons. The van der Waals surface area contributed by atoms with E-state index < -0.39 is 0 Å². The number of likely N-dealkylation sites (tertiary alicyclic amines) is 1. The largest absolute Gasteiger partial charge is 0.370 e. The van der Waals surface area contributed by atoms with Crippen molar-refractivity contribution in [1.29, 1.82) is 5.41 Å². The second kappa shape index (κ2) is 8.79. The summed E-state index contributed by atoms with van der Waals surface area (Å²) in [4.78, 5) is 14.5. The second-order valence-electron chi connectivity index (χ2n) is 5.74. The third-order valence-electron chi connectivity index (χ3n) is 3.49. The van der Waals surface area contributed by atoms with Crippen LogP contribution in [0.1, 0.15) is 46.0 Å². The Morgan fingerprint density at radius 1 is 1.30 bits per heavy atom. The van der Waals surface area contributed by atoms with Gasteiger partial charge in [0, 0.05) is 25.7 Å². The van der Waals surface area contributed by atoms with Gasteiger partial charge in [0.1, 0.15) is 0 Å². The lowest BCUT2D eigenvalue weighted by Crippen LogP contribution is -2.50. The SMILES string of the molecule is CC(C)N[C@@H](CCCNC(=N)N)C(=O)N1CCCCC1. The lowest BCUT2D eigenvalue weighted by atomic mass is 10.1. The fourth-order valence-corrected chi connectivity index (χ4v) is 2.54. The van der Waals surface area contributed by atoms with Gasteiger partial charge < -0.3 is 21.3 Å². The molecule has 20 heavy (non-hydrogen) atoms. The van der Waals surface area contributed by atoms with Gasteiger partial charge in [-0.05, 0) is 32.1 Å². The van der Waals surface area contributed by atoms with Crippen LogP contribution in [0, 0.1) is 5.41 Å². The van der Waals surface area contributed by atoms with Crippen LogP contribution in [0.3, 0.4) is 0 Å². The average Bonchev–Trinajstić information content (AvgIpc) is 2.41. The molecule has 1 rings (SSSR count). The molecular weight excluding hydrogens is 254 g/mol. The van der Waals surface area contributed by atoms with Crippen LogP contribution in [0.2, 0.25) is 0 Å². The highest BCUT2D eigenvalue weighted by molar-refractivity contribution is 5.82. The molecule has 1 amide bonds. The maximum atomic E-state index is 12.5. The summed E-state index contributed by atoms with van der Waals surface area (Å²) in [7, 11) is 0. The Hall–Kier alpha value is -1.30. The van der Waals surface area contributed by atoms with Gasteiger partial charge in [-0.15, -0.1) is 0 Å². The van der Waals surface area contributed by atoms with Crippen molar-refractivity contribution < 1.29 is 4.79 Å². The Morgan fingerprint density at radius 3 is 2.50 bits per heavy atom. The van der Waals surface area contributed by atoms with E-state index in [-0.39, 0.29) is 24.0 Å². The molecule has 1 atom stereocenters. The first-order valence-corrected chi connectivity index (χ1v) is 7.63. The Morgan fingerprint density at radius 2 is 1.95 bits per heavy atom. The zero-order valence-electron chi connectivity index (χ0n) is 12.7. The Bertz CT molecular complexity index is 313. The Labute approximate surface area is 122 Å². The summed E-state index contributed by atoms with van der Waals surface area (Å²) < 4.78 is 0. The van der Waals surface area contributed by atoms with Crippen LogP contribution in [0.15, 0.2) is 0 Å². The van der Waals surface area contributed by atoms with Gasteiger partial charge in [0.05, 0.1) is 6.04 Å². The zero-order chi connectivity index (χ0) is 15.0. The predicted molar refractivity (Wildman–Crippen MR) is 81.6 cm³/mol. The molecule has 0 radical (unpaired) electrons. The molecule has 5 N–H and O–H groups in total. The molecule has 0 spiro atoms. The molecule has 0 aromatic heterocycles. The van der Waals surface area contributed by atoms with Crippen molar-refractivity contribution in [3.63, 3.8) is 0 Å². The number of carbonyl (C=O) groups is 1. The number of hydrogen-bond acceptors (Lipinski definition) is 3. The van der Waals surface area contributed by atoms with E-state index in [2.05, 4.69) is 24.5 Å². The van der Waals surface area contributed by atoms with Crippen molar-refractivity contribution in [1.82, 2.24) is 15.5 Å². The highest BCUT2D eigenvalue weighted by Gasteiger charge is 2.25. The van der Waals surface area contributed by atoms with E-state index in [1.165, 1.54) is 6.42 Å². The van der Waals surface area contributed by atoms with Gasteiger partial charge in [-0.2, -0.15) is 0 Å². The summed E-state index contributed by atoms with van der Waals surface area (Å²) in [5.41, 5.74) is 5.25. The van der Waals surface area contributed by atoms with Crippen LogP contribution in [0.5, 0.6) is 0 Å². The monoisotopic (exact) mass is 283 g/mol. The van der Waals surface area contributed by atoms with Gasteiger partial charge in [0.25, 0.3) is 0 Å². The first kappa shape index (κ1) is 16.8. The van der Waals surface area contributed by atoms with Crippen molar-refractivity contribution in [2.75, 3.05) is 19.6 Å². The molecule has 0 saturated carbocycles. The minimum absolute atomic E-state index is 0.0132. The van der Waals surface area contributed by atoms with Gasteiger partial charge in [-0.3, -0.25) is 10.2 Å². The van der Waals surface area contributed by atoms with Gasteiger partial charge >= 0.3 is 0 Å². The Balaban J connectivity index is 2.44. The number of rotatable bonds is 7. The first-order chi connectivity index (χ1) is 9.50. The van der Waals surface area contributed by atoms with E-state index in [4.69, 9.17) is 11.1 Å². The van der Waals surface area contributed by atoms with E-state index in [0.29, 0.717) is 6.54 Å². The van der Waals surface area contributed by atoms with Crippen LogP contribution in [0.25, 0.3) is 0 Å². The highest BCUT2D eigenvalue weighted by Crippen LogP contribution is 2.12. The number of nitrogens with zero attached hydrogens (tertiary/aromatic N) is 1. The molecule has 0 aromatic rings. The smallest absolute Gasteiger partial charge is 0.239 e. The molecule has 0 aromatic carbocycles. The summed E-state index contributed by atoms with van der Waals surface area (Å²) in [6, 6.07) is 0.163. The molecule has 6 heteroatoms. The molecule has 1 aliphatic rings. The van der Waals surface area contributed by atoms with Crippen LogP contribution in [-0.4, -0.2) is 48.5 Å². The number of nitrogens with two attached hydrogens (primary N) is 1. The van der Waals surface area contributed by atoms with Crippen LogP contribution in [0.4, 0.5) is 0 Å². The Kier molecular flexibility index (Phi) is 7.36. The van der Waals surface area contributed by atoms with E-state index in [1.807, 2.05) is 4.90 Å². The third-order valence-corrected chi connectivity index (χ3v) is 3.49. The van der Waals surface area contributed by atoms with Gasteiger partial charge in [-0.25, -0.2) is 0 Å². The summed E-state index contributed by atoms with van der Waals surface area (Å²) in [6.45, 7) is 6.54. The summed E-state index contributed by atoms with van der Waals surface area (Å²) in [6.07, 6.45) is 5.06. The normalized spacial score (nSPS) is 17.1. The summed E-state index contributed by atoms with van der Waals surface area (Å²) in [5, 5.41) is 13.3. The van der Waals surface area contributed by atoms with Crippen LogP contribution < -0.4 is 16.4 Å². The van der Waals surface area contributed by atoms with Crippen molar-refractivity contribution in [2.45, 2.75) is 58.0 Å². The van der Waals surface area contributed by atoms with E-state index in [0.717, 1.165) is 38.8 Å². The van der Waals surface area contributed by atoms with E-state index in [9.17, 15) is 4.79 Å². The van der Waals surface area contributed by atoms with Gasteiger partial charge in [-0.1, -0.05) is 13.8 Å². The maximum absolute atomic E-state index is 12.5. The predicted octanol–water partition coefficient (Wildman–Crippen LogP) is 0.629. The fraction of sp³-hybridized carbons (Fsp3) is 0.857. The standard InChI is InChI=1S/C14H29N5O/c1-11(2)18-12(7-6-8-17-14(15)16)13(20)19-9-4-3-5-10-19/h11-12,18H,3-10H2,1-2H3,(H4,15,16,17)/t12-/m0/s1. The van der Waals surface area contributed by atoms with Crippen molar-refractivity contribution >= 4 is 11.9 Å². The molecule has 6 nitrogen and oxygen atoms in total. The number of amides is 1. The van der Waals surface area contributed by atoms with Crippen LogP contribution >= 0.6 is 0 Å². The van der Waals surface area contributed by atoms with Crippen molar-refractivity contribution in [3.8, 4) is 0 Å². The molecule has 0 aliphatic carbocycles. The summed E-state index contributed by atoms with van der Waals surface area (Å²) in [5.74, 6) is 0.210. The molecule has 0 bridgehead atoms. The maximum Gasteiger partial charge on any atom is 0.239 e. The third kappa shape index (κ3) is 6.23. The average molecular weight is 283 g/mol. The second-order valence-corrected chi connectivity index (χ2v) is 5.74. The number of guanidine groups is 1. The van der Waals surface area contributed by atoms with Crippen LogP contribution in [-0.2, 0) is 4.79 Å². The molecule has 1 fully saturated rings. The fourth-order valence-electron chi connectivity index (χ4n) is 2.54. The molecule has 1 heterocycles. The molecule has 0 unspecified atom stereocenters. The minimum Gasteiger partial charge on any atom is -0.370 e. The number of piperidine rings is 1. The zero-order valence-corrected chi connectivity index (χ0v) is 12.7. The number of nitrogens with one attached hydrogen (secondary N) is 3. The molecular formula is C14H29N5O. The van der Waals surface area contributed by atoms with E-state index in [1.54, 1.807) is 0 Å². The van der Waals surface area contributed by atoms with Gasteiger partial charge in [0.2, 0.25) is 5.91 Å². The number of carbonyl (C=O) groups excluding carboxylic acids is 1. The first-order valence-electron chi connectivity index (χ1n) is 7.63. The quantitative estimate of drug-likeness (QED) is 0.313. The van der Waals surface area contributed by atoms with Crippen molar-refractivity contribution in [2.24, 2.45) is 5.73 Å². The lowest BCUT2D eigenvalue weighted by molar-refractivity contribution is -0.134. The van der Waals surface area contributed by atoms with E-state index >= 15 is 0 Å².